The van der Waals surface area contributed by atoms with Gasteiger partial charge >= 0.3 is 0 Å². The summed E-state index contributed by atoms with van der Waals surface area (Å²) in [5.74, 6) is 1.29. The Morgan fingerprint density at radius 2 is 1.76 bits per heavy atom. The Kier molecular flexibility index (Phi) is 11.0. The molecule has 0 amide bonds. The molecule has 1 aliphatic rings. The summed E-state index contributed by atoms with van der Waals surface area (Å²) in [5, 5.41) is 5.29. The summed E-state index contributed by atoms with van der Waals surface area (Å²) in [7, 11) is 5.96. The fourth-order valence-corrected chi connectivity index (χ4v) is 5.83. The predicted molar refractivity (Wildman–Crippen MR) is 186 cm³/mol. The maximum absolute atomic E-state index is 14.2. The Balaban J connectivity index is 1.52. The van der Waals surface area contributed by atoms with Crippen LogP contribution in [-0.2, 0) is 6.54 Å². The summed E-state index contributed by atoms with van der Waals surface area (Å²) >= 11 is 0. The van der Waals surface area contributed by atoms with Crippen molar-refractivity contribution in [2.75, 3.05) is 78.5 Å². The van der Waals surface area contributed by atoms with Crippen LogP contribution < -0.4 is 15.2 Å². The van der Waals surface area contributed by atoms with E-state index in [0.29, 0.717) is 16.7 Å². The highest BCUT2D eigenvalue weighted by molar-refractivity contribution is 5.84. The molecule has 2 heterocycles. The number of fused-ring (bicyclic) bond motifs is 1. The largest absolute Gasteiger partial charge is 0.497 e. The van der Waals surface area contributed by atoms with E-state index in [9.17, 15) is 4.79 Å². The molecule has 1 aromatic heterocycles. The lowest BCUT2D eigenvalue weighted by Crippen LogP contribution is -2.32. The fourth-order valence-electron chi connectivity index (χ4n) is 5.83. The number of aromatic nitrogens is 2. The summed E-state index contributed by atoms with van der Waals surface area (Å²) in [6.45, 7) is 13.3. The van der Waals surface area contributed by atoms with Gasteiger partial charge in [-0.15, -0.1) is 0 Å². The molecule has 1 fully saturated rings. The molecule has 1 aliphatic heterocycles. The number of benzene rings is 3. The third kappa shape index (κ3) is 8.16. The number of methoxy groups -OCH3 is 1. The highest BCUT2D eigenvalue weighted by Gasteiger charge is 2.17. The smallest absolute Gasteiger partial charge is 0.282 e. The number of likely N-dealkylation sites (N-methyl/N-ethyl adjacent to an activating group) is 3. The van der Waals surface area contributed by atoms with Crippen molar-refractivity contribution in [3.63, 3.8) is 0 Å². The Labute approximate surface area is 267 Å². The van der Waals surface area contributed by atoms with Gasteiger partial charge in [-0.1, -0.05) is 32.0 Å². The highest BCUT2D eigenvalue weighted by atomic mass is 16.5. The zero-order chi connectivity index (χ0) is 31.8. The molecule has 238 valence electrons. The quantitative estimate of drug-likeness (QED) is 0.212. The minimum atomic E-state index is -0.185. The number of nitrogens with zero attached hydrogens (tertiary/aromatic N) is 7. The second-order valence-corrected chi connectivity index (χ2v) is 11.9. The van der Waals surface area contributed by atoms with Crippen molar-refractivity contribution in [1.29, 1.82) is 0 Å². The van der Waals surface area contributed by atoms with Crippen LogP contribution in [0.2, 0.25) is 0 Å². The van der Waals surface area contributed by atoms with Crippen LogP contribution in [0.1, 0.15) is 31.4 Å². The van der Waals surface area contributed by atoms with Crippen LogP contribution in [0, 0.1) is 0 Å². The third-order valence-electron chi connectivity index (χ3n) is 8.68. The first kappa shape index (κ1) is 32.3. The Hall–Kier alpha value is -4.05. The summed E-state index contributed by atoms with van der Waals surface area (Å²) < 4.78 is 6.76. The van der Waals surface area contributed by atoms with E-state index in [1.807, 2.05) is 48.5 Å². The lowest BCUT2D eigenvalue weighted by molar-refractivity contribution is 0.236. The maximum atomic E-state index is 14.2. The Morgan fingerprint density at radius 1 is 0.956 bits per heavy atom. The number of ether oxygens (including phenoxy) is 1. The van der Waals surface area contributed by atoms with E-state index in [1.165, 1.54) is 4.68 Å². The number of rotatable bonds is 12. The molecule has 5 rings (SSSR count). The average molecular weight is 610 g/mol. The lowest BCUT2D eigenvalue weighted by atomic mass is 10.1. The van der Waals surface area contributed by atoms with E-state index < -0.39 is 0 Å². The Bertz CT molecular complexity index is 1650. The van der Waals surface area contributed by atoms with Gasteiger partial charge in [0, 0.05) is 50.5 Å². The number of hydrogen-bond donors (Lipinski definition) is 0. The van der Waals surface area contributed by atoms with Gasteiger partial charge in [-0.05, 0) is 99.8 Å². The van der Waals surface area contributed by atoms with Gasteiger partial charge in [0.2, 0.25) is 0 Å². The van der Waals surface area contributed by atoms with Crippen LogP contribution in [0.5, 0.6) is 5.75 Å². The van der Waals surface area contributed by atoms with E-state index >= 15 is 0 Å². The van der Waals surface area contributed by atoms with Crippen LogP contribution in [-0.4, -0.2) is 104 Å². The standard InChI is InChI=1S/C36H47N7O2/c1-6-41(7-2)22-20-40(4)27-29-10-8-11-30(24-29)35-38-34-17-14-31(42-19-9-18-39(3)21-23-42)25-33(34)36(44)43(35)37-26-28-12-15-32(45-5)16-13-28/h8,10-17,24-26H,6-7,9,18-23,27H2,1-5H3/b37-26+. The van der Waals surface area contributed by atoms with Crippen molar-refractivity contribution in [2.24, 2.45) is 5.10 Å². The van der Waals surface area contributed by atoms with Crippen LogP contribution in [0.3, 0.4) is 0 Å². The van der Waals surface area contributed by atoms with Crippen LogP contribution >= 0.6 is 0 Å². The molecule has 0 bridgehead atoms. The zero-order valence-electron chi connectivity index (χ0n) is 27.4. The molecule has 4 aromatic rings. The molecule has 45 heavy (non-hydrogen) atoms. The molecule has 0 N–H and O–H groups in total. The molecular formula is C36H47N7O2. The number of anilines is 1. The van der Waals surface area contributed by atoms with E-state index in [4.69, 9.17) is 14.8 Å². The van der Waals surface area contributed by atoms with Crippen molar-refractivity contribution >= 4 is 22.8 Å². The summed E-state index contributed by atoms with van der Waals surface area (Å²) in [6, 6.07) is 22.0. The summed E-state index contributed by atoms with van der Waals surface area (Å²) in [5.41, 5.74) is 4.41. The normalized spacial score (nSPS) is 14.6. The Morgan fingerprint density at radius 3 is 2.51 bits per heavy atom. The maximum Gasteiger partial charge on any atom is 0.282 e. The van der Waals surface area contributed by atoms with Crippen molar-refractivity contribution in [1.82, 2.24) is 24.4 Å². The first-order valence-electron chi connectivity index (χ1n) is 16.1. The van der Waals surface area contributed by atoms with Crippen molar-refractivity contribution in [2.45, 2.75) is 26.8 Å². The summed E-state index contributed by atoms with van der Waals surface area (Å²) in [6.07, 6.45) is 2.79. The van der Waals surface area contributed by atoms with Gasteiger partial charge in [-0.3, -0.25) is 4.79 Å². The minimum Gasteiger partial charge on any atom is -0.497 e. The third-order valence-corrected chi connectivity index (χ3v) is 8.68. The molecule has 0 spiro atoms. The molecule has 0 unspecified atom stereocenters. The first-order chi connectivity index (χ1) is 21.9. The second kappa shape index (κ2) is 15.3. The van der Waals surface area contributed by atoms with E-state index in [-0.39, 0.29) is 5.56 Å². The highest BCUT2D eigenvalue weighted by Crippen LogP contribution is 2.25. The topological polar surface area (TPSA) is 69.4 Å². The van der Waals surface area contributed by atoms with Gasteiger partial charge in [-0.2, -0.15) is 9.78 Å². The average Bonchev–Trinajstić information content (AvgIpc) is 3.29. The predicted octanol–water partition coefficient (Wildman–Crippen LogP) is 4.87. The molecule has 0 radical (unpaired) electrons. The molecule has 9 nitrogen and oxygen atoms in total. The molecule has 0 saturated carbocycles. The first-order valence-corrected chi connectivity index (χ1v) is 16.1. The second-order valence-electron chi connectivity index (χ2n) is 11.9. The zero-order valence-corrected chi connectivity index (χ0v) is 27.4. The van der Waals surface area contributed by atoms with Gasteiger partial charge in [0.05, 0.1) is 24.2 Å². The van der Waals surface area contributed by atoms with Crippen molar-refractivity contribution in [3.8, 4) is 17.1 Å². The van der Waals surface area contributed by atoms with Crippen molar-refractivity contribution < 1.29 is 4.74 Å². The number of hydrogen-bond acceptors (Lipinski definition) is 8. The summed E-state index contributed by atoms with van der Waals surface area (Å²) in [4.78, 5) is 28.7. The van der Waals surface area contributed by atoms with Gasteiger partial charge in [-0.25, -0.2) is 4.98 Å². The molecular weight excluding hydrogens is 562 g/mol. The van der Waals surface area contributed by atoms with Crippen molar-refractivity contribution in [3.05, 3.63) is 88.2 Å². The molecule has 3 aromatic carbocycles. The minimum absolute atomic E-state index is 0.185. The van der Waals surface area contributed by atoms with E-state index in [1.54, 1.807) is 13.3 Å². The van der Waals surface area contributed by atoms with Gasteiger partial charge in [0.1, 0.15) is 5.75 Å². The van der Waals surface area contributed by atoms with Crippen LogP contribution in [0.4, 0.5) is 5.69 Å². The van der Waals surface area contributed by atoms with E-state index in [0.717, 1.165) is 93.5 Å². The molecule has 0 atom stereocenters. The van der Waals surface area contributed by atoms with E-state index in [2.05, 4.69) is 65.7 Å². The SMILES string of the molecule is CCN(CC)CCN(C)Cc1cccc(-c2nc3ccc(N4CCCN(C)CC4)cc3c(=O)n2/N=C/c2ccc(OC)cc2)c1. The van der Waals surface area contributed by atoms with Gasteiger partial charge in [0.25, 0.3) is 5.56 Å². The van der Waals surface area contributed by atoms with Crippen LogP contribution in [0.15, 0.2) is 76.6 Å². The van der Waals surface area contributed by atoms with Gasteiger partial charge < -0.3 is 24.3 Å². The molecule has 9 heteroatoms. The molecule has 1 saturated heterocycles. The molecule has 0 aliphatic carbocycles. The lowest BCUT2D eigenvalue weighted by Gasteiger charge is -2.23. The monoisotopic (exact) mass is 609 g/mol. The van der Waals surface area contributed by atoms with Gasteiger partial charge in [0.15, 0.2) is 5.82 Å². The fraction of sp³-hybridized carbons (Fsp3) is 0.417. The van der Waals surface area contributed by atoms with Crippen LogP contribution in [0.25, 0.3) is 22.3 Å².